The number of aryl methyl sites for hydroxylation is 1. The van der Waals surface area contributed by atoms with Crippen molar-refractivity contribution in [3.63, 3.8) is 0 Å². The second-order valence-electron chi connectivity index (χ2n) is 5.41. The van der Waals surface area contributed by atoms with E-state index < -0.39 is 5.82 Å². The molecule has 1 saturated heterocycles. The van der Waals surface area contributed by atoms with Gasteiger partial charge >= 0.3 is 0 Å². The quantitative estimate of drug-likeness (QED) is 0.931. The number of carbonyl (C=O) groups excluding carboxylic acids is 1. The summed E-state index contributed by atoms with van der Waals surface area (Å²) in [6.07, 6.45) is 6.38. The average molecular weight is 303 g/mol. The number of piperidine rings is 1. The van der Waals surface area contributed by atoms with Gasteiger partial charge in [-0.15, -0.1) is 0 Å². The highest BCUT2D eigenvalue weighted by molar-refractivity contribution is 5.85. The summed E-state index contributed by atoms with van der Waals surface area (Å²) in [5.74, 6) is 1.00. The van der Waals surface area contributed by atoms with Crippen LogP contribution in [0.1, 0.15) is 18.7 Å². The van der Waals surface area contributed by atoms with Crippen molar-refractivity contribution in [3.8, 4) is 0 Å². The van der Waals surface area contributed by atoms with Gasteiger partial charge in [-0.3, -0.25) is 4.79 Å². The van der Waals surface area contributed by atoms with E-state index in [1.54, 1.807) is 17.2 Å². The van der Waals surface area contributed by atoms with Crippen molar-refractivity contribution in [3.05, 3.63) is 42.4 Å². The number of likely N-dealkylation sites (tertiary alicyclic amines) is 1. The third-order valence-electron chi connectivity index (χ3n) is 3.83. The molecule has 0 radical (unpaired) electrons. The molecular formula is C15H18FN5O. The first-order valence-corrected chi connectivity index (χ1v) is 7.26. The molecule has 2 aromatic rings. The predicted molar refractivity (Wildman–Crippen MR) is 79.5 cm³/mol. The lowest BCUT2D eigenvalue weighted by atomic mass is 10.0. The summed E-state index contributed by atoms with van der Waals surface area (Å²) in [5, 5.41) is 3.09. The van der Waals surface area contributed by atoms with Crippen LogP contribution in [0.2, 0.25) is 0 Å². The van der Waals surface area contributed by atoms with E-state index in [0.29, 0.717) is 12.4 Å². The molecule has 116 valence electrons. The molecule has 22 heavy (non-hydrogen) atoms. The summed E-state index contributed by atoms with van der Waals surface area (Å²) >= 11 is 0. The molecule has 7 heteroatoms. The molecule has 1 aliphatic rings. The van der Waals surface area contributed by atoms with Gasteiger partial charge in [0.15, 0.2) is 0 Å². The second-order valence-corrected chi connectivity index (χ2v) is 5.41. The van der Waals surface area contributed by atoms with E-state index in [1.807, 2.05) is 17.8 Å². The lowest BCUT2D eigenvalue weighted by molar-refractivity contribution is -0.135. The van der Waals surface area contributed by atoms with Gasteiger partial charge in [0.2, 0.25) is 5.91 Å². The minimum absolute atomic E-state index is 0.0281. The van der Waals surface area contributed by atoms with E-state index in [9.17, 15) is 9.18 Å². The van der Waals surface area contributed by atoms with Gasteiger partial charge in [0.1, 0.15) is 23.5 Å². The number of imidazole rings is 1. The number of nitrogens with zero attached hydrogens (tertiary/aromatic N) is 4. The molecule has 6 nitrogen and oxygen atoms in total. The Kier molecular flexibility index (Phi) is 4.04. The number of pyridine rings is 1. The number of halogens is 1. The molecule has 1 unspecified atom stereocenters. The molecule has 0 spiro atoms. The van der Waals surface area contributed by atoms with Crippen LogP contribution in [0.15, 0.2) is 30.7 Å². The van der Waals surface area contributed by atoms with Crippen molar-refractivity contribution in [2.75, 3.05) is 11.9 Å². The zero-order valence-electron chi connectivity index (χ0n) is 12.4. The van der Waals surface area contributed by atoms with Crippen LogP contribution in [0.4, 0.5) is 10.2 Å². The van der Waals surface area contributed by atoms with Crippen LogP contribution in [0.25, 0.3) is 0 Å². The van der Waals surface area contributed by atoms with E-state index in [2.05, 4.69) is 15.3 Å². The Morgan fingerprint density at radius 3 is 2.95 bits per heavy atom. The summed E-state index contributed by atoms with van der Waals surface area (Å²) < 4.78 is 14.8. The first kappa shape index (κ1) is 14.5. The highest BCUT2D eigenvalue weighted by atomic mass is 19.1. The number of carbonyl (C=O) groups is 1. The molecule has 1 fully saturated rings. The first-order valence-electron chi connectivity index (χ1n) is 7.26. The minimum Gasteiger partial charge on any atom is -0.358 e. The smallest absolute Gasteiger partial charge is 0.245 e. The Labute approximate surface area is 128 Å². The summed E-state index contributed by atoms with van der Waals surface area (Å²) in [6.45, 7) is 1.22. The summed E-state index contributed by atoms with van der Waals surface area (Å²) in [5.41, 5.74) is 0. The van der Waals surface area contributed by atoms with Gasteiger partial charge in [-0.05, 0) is 25.0 Å². The predicted octanol–water partition coefficient (Wildman–Crippen LogP) is 1.56. The fraction of sp³-hybridized carbons (Fsp3) is 0.400. The fourth-order valence-electron chi connectivity index (χ4n) is 2.59. The van der Waals surface area contributed by atoms with E-state index >= 15 is 0 Å². The Balaban J connectivity index is 1.67. The molecule has 1 N–H and O–H groups in total. The number of nitrogens with one attached hydrogen (secondary N) is 1. The molecular weight excluding hydrogens is 285 g/mol. The van der Waals surface area contributed by atoms with Crippen LogP contribution >= 0.6 is 0 Å². The lowest BCUT2D eigenvalue weighted by Gasteiger charge is -2.32. The van der Waals surface area contributed by atoms with Crippen LogP contribution in [0.5, 0.6) is 0 Å². The number of rotatable bonds is 4. The molecule has 3 heterocycles. The summed E-state index contributed by atoms with van der Waals surface area (Å²) in [7, 11) is 1.91. The summed E-state index contributed by atoms with van der Waals surface area (Å²) in [6, 6.07) is 2.54. The molecule has 1 amide bonds. The maximum Gasteiger partial charge on any atom is 0.245 e. The Morgan fingerprint density at radius 1 is 1.41 bits per heavy atom. The molecule has 1 aliphatic heterocycles. The number of amides is 1. The van der Waals surface area contributed by atoms with Crippen LogP contribution < -0.4 is 5.32 Å². The maximum atomic E-state index is 12.9. The molecule has 0 saturated carbocycles. The fourth-order valence-corrected chi connectivity index (χ4v) is 2.59. The van der Waals surface area contributed by atoms with Crippen LogP contribution in [-0.4, -0.2) is 37.9 Å². The number of anilines is 1. The highest BCUT2D eigenvalue weighted by Crippen LogP contribution is 2.18. The Hall–Kier alpha value is -2.44. The Morgan fingerprint density at radius 2 is 2.27 bits per heavy atom. The monoisotopic (exact) mass is 303 g/mol. The molecule has 0 bridgehead atoms. The third kappa shape index (κ3) is 3.08. The third-order valence-corrected chi connectivity index (χ3v) is 3.83. The summed E-state index contributed by atoms with van der Waals surface area (Å²) in [4.78, 5) is 22.6. The minimum atomic E-state index is -0.392. The van der Waals surface area contributed by atoms with E-state index in [1.165, 1.54) is 6.07 Å². The highest BCUT2D eigenvalue weighted by Gasteiger charge is 2.29. The molecule has 3 rings (SSSR count). The normalized spacial score (nSPS) is 18.5. The van der Waals surface area contributed by atoms with Crippen molar-refractivity contribution in [1.29, 1.82) is 0 Å². The van der Waals surface area contributed by atoms with Gasteiger partial charge in [0.25, 0.3) is 0 Å². The molecule has 0 aromatic carbocycles. The standard InChI is InChI=1S/C15H18FN5O/c1-20-8-6-17-14(20)10-21-7-2-3-12(15(21)22)19-13-5-4-11(16)9-18-13/h4-6,8-9,12H,2-3,7,10H2,1H3,(H,18,19). The van der Waals surface area contributed by atoms with Gasteiger partial charge in [-0.2, -0.15) is 0 Å². The van der Waals surface area contributed by atoms with Crippen LogP contribution in [0, 0.1) is 5.82 Å². The van der Waals surface area contributed by atoms with E-state index in [-0.39, 0.29) is 11.9 Å². The number of aromatic nitrogens is 3. The molecule has 1 atom stereocenters. The van der Waals surface area contributed by atoms with Gasteiger partial charge in [-0.1, -0.05) is 0 Å². The Bertz CT molecular complexity index is 654. The lowest BCUT2D eigenvalue weighted by Crippen LogP contribution is -2.47. The van der Waals surface area contributed by atoms with Gasteiger partial charge in [0, 0.05) is 26.0 Å². The van der Waals surface area contributed by atoms with Crippen molar-refractivity contribution in [2.24, 2.45) is 7.05 Å². The molecule has 2 aromatic heterocycles. The zero-order chi connectivity index (χ0) is 15.5. The average Bonchev–Trinajstić information content (AvgIpc) is 2.91. The first-order chi connectivity index (χ1) is 10.6. The van der Waals surface area contributed by atoms with Gasteiger partial charge in [-0.25, -0.2) is 14.4 Å². The van der Waals surface area contributed by atoms with Crippen LogP contribution in [0.3, 0.4) is 0 Å². The van der Waals surface area contributed by atoms with Crippen molar-refractivity contribution in [2.45, 2.75) is 25.4 Å². The topological polar surface area (TPSA) is 63.1 Å². The van der Waals surface area contributed by atoms with Gasteiger partial charge < -0.3 is 14.8 Å². The largest absolute Gasteiger partial charge is 0.358 e. The second kappa shape index (κ2) is 6.13. The van der Waals surface area contributed by atoms with E-state index in [0.717, 1.165) is 31.4 Å². The number of hydrogen-bond donors (Lipinski definition) is 1. The number of hydrogen-bond acceptors (Lipinski definition) is 4. The van der Waals surface area contributed by atoms with Crippen molar-refractivity contribution < 1.29 is 9.18 Å². The van der Waals surface area contributed by atoms with Crippen molar-refractivity contribution in [1.82, 2.24) is 19.4 Å². The van der Waals surface area contributed by atoms with Crippen LogP contribution in [-0.2, 0) is 18.4 Å². The van der Waals surface area contributed by atoms with Gasteiger partial charge in [0.05, 0.1) is 12.7 Å². The van der Waals surface area contributed by atoms with Crippen molar-refractivity contribution >= 4 is 11.7 Å². The van der Waals surface area contributed by atoms with E-state index in [4.69, 9.17) is 0 Å². The zero-order valence-corrected chi connectivity index (χ0v) is 12.4. The maximum absolute atomic E-state index is 12.9. The SMILES string of the molecule is Cn1ccnc1CN1CCCC(Nc2ccc(F)cn2)C1=O. The molecule has 0 aliphatic carbocycles.